The Bertz CT molecular complexity index is 681. The lowest BCUT2D eigenvalue weighted by Gasteiger charge is -2.32. The summed E-state index contributed by atoms with van der Waals surface area (Å²) in [5.74, 6) is 0.706. The van der Waals surface area contributed by atoms with Gasteiger partial charge in [0.2, 0.25) is 5.96 Å². The average Bonchev–Trinajstić information content (AvgIpc) is 2.95. The Morgan fingerprint density at radius 1 is 0.957 bits per heavy atom. The molecule has 0 saturated heterocycles. The number of hydrogen-bond donors (Lipinski definition) is 1. The van der Waals surface area contributed by atoms with Crippen LogP contribution in [0.1, 0.15) is 25.0 Å². The van der Waals surface area contributed by atoms with Gasteiger partial charge in [0.05, 0.1) is 0 Å². The second kappa shape index (κ2) is 6.59. The summed E-state index contributed by atoms with van der Waals surface area (Å²) in [6.07, 6.45) is 2.07. The molecule has 0 bridgehead atoms. The quantitative estimate of drug-likeness (QED) is 0.925. The number of thioether (sulfide) groups is 1. The van der Waals surface area contributed by atoms with E-state index in [1.54, 1.807) is 11.8 Å². The smallest absolute Gasteiger partial charge is 0.220 e. The molecule has 1 aliphatic rings. The molecule has 0 fully saturated rings. The van der Waals surface area contributed by atoms with Gasteiger partial charge in [-0.05, 0) is 31.2 Å². The van der Waals surface area contributed by atoms with Crippen LogP contribution in [0, 0.1) is 0 Å². The van der Waals surface area contributed by atoms with Crippen molar-refractivity contribution in [3.63, 3.8) is 0 Å². The Morgan fingerprint density at radius 3 is 1.91 bits per heavy atom. The number of hydrogen-bond acceptors (Lipinski definition) is 2. The van der Waals surface area contributed by atoms with Crippen LogP contribution in [0.4, 0.5) is 0 Å². The second-order valence-electron chi connectivity index (χ2n) is 5.77. The van der Waals surface area contributed by atoms with Crippen LogP contribution in [0.2, 0.25) is 0 Å². The molecule has 4 heteroatoms. The van der Waals surface area contributed by atoms with Crippen molar-refractivity contribution in [2.75, 3.05) is 6.26 Å². The van der Waals surface area contributed by atoms with Crippen LogP contribution < -0.4 is 5.32 Å². The van der Waals surface area contributed by atoms with Gasteiger partial charge in [-0.25, -0.2) is 9.98 Å². The molecular formula is C19H21N3S. The van der Waals surface area contributed by atoms with E-state index in [9.17, 15) is 0 Å². The van der Waals surface area contributed by atoms with E-state index in [-0.39, 0.29) is 6.04 Å². The highest BCUT2D eigenvalue weighted by Gasteiger charge is 2.44. The Kier molecular flexibility index (Phi) is 4.53. The molecule has 1 aliphatic heterocycles. The number of aliphatic imine (C=N–C) groups is 2. The van der Waals surface area contributed by atoms with E-state index in [2.05, 4.69) is 78.9 Å². The molecule has 1 heterocycles. The molecule has 1 N–H and O–H groups in total. The Hall–Kier alpha value is -2.07. The summed E-state index contributed by atoms with van der Waals surface area (Å²) < 4.78 is 0. The Balaban J connectivity index is 2.20. The minimum Gasteiger partial charge on any atom is -0.335 e. The molecular weight excluding hydrogens is 302 g/mol. The standard InChI is InChI=1S/C19H21N3S/c1-14(2)20-18-21-17(23-3)19(22-18,15-10-6-4-7-11-15)16-12-8-5-9-13-16/h4-14H,1-3H3,(H,20,22). The van der Waals surface area contributed by atoms with Crippen LogP contribution in [-0.2, 0) is 5.54 Å². The minimum absolute atomic E-state index is 0.201. The van der Waals surface area contributed by atoms with Gasteiger partial charge >= 0.3 is 0 Å². The molecule has 118 valence electrons. The molecule has 3 rings (SSSR count). The molecule has 0 atom stereocenters. The zero-order valence-electron chi connectivity index (χ0n) is 13.7. The molecule has 0 radical (unpaired) electrons. The summed E-state index contributed by atoms with van der Waals surface area (Å²) in [6, 6.07) is 21.1. The summed E-state index contributed by atoms with van der Waals surface area (Å²) in [6.45, 7) is 4.13. The van der Waals surface area contributed by atoms with Gasteiger partial charge in [-0.15, -0.1) is 11.8 Å². The Labute approximate surface area is 142 Å². The van der Waals surface area contributed by atoms with Crippen molar-refractivity contribution in [1.29, 1.82) is 0 Å². The molecule has 0 amide bonds. The van der Waals surface area contributed by atoms with Crippen molar-refractivity contribution in [2.45, 2.75) is 25.4 Å². The van der Waals surface area contributed by atoms with Crippen molar-refractivity contribution in [3.05, 3.63) is 71.8 Å². The van der Waals surface area contributed by atoms with Gasteiger partial charge in [-0.3, -0.25) is 0 Å². The zero-order valence-corrected chi connectivity index (χ0v) is 14.5. The summed E-state index contributed by atoms with van der Waals surface area (Å²) in [5, 5.41) is 4.62. The minimum atomic E-state index is -0.463. The molecule has 0 aliphatic carbocycles. The van der Waals surface area contributed by atoms with Crippen LogP contribution in [0.15, 0.2) is 70.6 Å². The first-order chi connectivity index (χ1) is 11.2. The SMILES string of the molecule is CSC1=NC(=NC(C)C)NC1(c1ccccc1)c1ccccc1. The van der Waals surface area contributed by atoms with Crippen molar-refractivity contribution in [2.24, 2.45) is 9.98 Å². The number of benzene rings is 2. The first-order valence-corrected chi connectivity index (χ1v) is 8.99. The monoisotopic (exact) mass is 323 g/mol. The van der Waals surface area contributed by atoms with E-state index >= 15 is 0 Å². The van der Waals surface area contributed by atoms with E-state index in [0.717, 1.165) is 5.04 Å². The average molecular weight is 323 g/mol. The normalized spacial score (nSPS) is 18.1. The maximum Gasteiger partial charge on any atom is 0.220 e. The zero-order chi connectivity index (χ0) is 16.3. The van der Waals surface area contributed by atoms with Gasteiger partial charge < -0.3 is 5.32 Å². The molecule has 2 aromatic carbocycles. The second-order valence-corrected chi connectivity index (χ2v) is 6.57. The highest BCUT2D eigenvalue weighted by atomic mass is 32.2. The lowest BCUT2D eigenvalue weighted by molar-refractivity contribution is 0.660. The van der Waals surface area contributed by atoms with Crippen molar-refractivity contribution < 1.29 is 0 Å². The summed E-state index contributed by atoms with van der Waals surface area (Å²) in [4.78, 5) is 9.40. The van der Waals surface area contributed by atoms with Gasteiger partial charge in [0.15, 0.2) is 0 Å². The van der Waals surface area contributed by atoms with E-state index in [0.29, 0.717) is 5.96 Å². The fourth-order valence-electron chi connectivity index (χ4n) is 2.87. The van der Waals surface area contributed by atoms with Gasteiger partial charge in [-0.1, -0.05) is 60.7 Å². The van der Waals surface area contributed by atoms with Crippen molar-refractivity contribution >= 4 is 22.8 Å². The van der Waals surface area contributed by atoms with Gasteiger partial charge in [-0.2, -0.15) is 0 Å². The van der Waals surface area contributed by atoms with E-state index in [1.165, 1.54) is 11.1 Å². The Morgan fingerprint density at radius 2 is 1.48 bits per heavy atom. The predicted octanol–water partition coefficient (Wildman–Crippen LogP) is 4.06. The van der Waals surface area contributed by atoms with Crippen LogP contribution in [0.3, 0.4) is 0 Å². The summed E-state index contributed by atoms with van der Waals surface area (Å²) in [5.41, 5.74) is 1.89. The third kappa shape index (κ3) is 2.91. The van der Waals surface area contributed by atoms with Crippen molar-refractivity contribution in [1.82, 2.24) is 5.32 Å². The molecule has 0 spiro atoms. The van der Waals surface area contributed by atoms with E-state index in [4.69, 9.17) is 4.99 Å². The highest BCUT2D eigenvalue weighted by molar-refractivity contribution is 8.13. The first-order valence-electron chi connectivity index (χ1n) is 7.77. The predicted molar refractivity (Wildman–Crippen MR) is 100 cm³/mol. The number of rotatable bonds is 3. The van der Waals surface area contributed by atoms with E-state index in [1.807, 2.05) is 12.1 Å². The van der Waals surface area contributed by atoms with Crippen LogP contribution in [0.5, 0.6) is 0 Å². The third-order valence-electron chi connectivity index (χ3n) is 3.81. The summed E-state index contributed by atoms with van der Waals surface area (Å²) >= 11 is 1.67. The van der Waals surface area contributed by atoms with Crippen LogP contribution in [0.25, 0.3) is 0 Å². The number of nitrogens with one attached hydrogen (secondary N) is 1. The van der Waals surface area contributed by atoms with Gasteiger partial charge in [0.1, 0.15) is 10.6 Å². The van der Waals surface area contributed by atoms with Crippen molar-refractivity contribution in [3.8, 4) is 0 Å². The molecule has 23 heavy (non-hydrogen) atoms. The molecule has 2 aromatic rings. The maximum atomic E-state index is 4.77. The van der Waals surface area contributed by atoms with Crippen LogP contribution >= 0.6 is 11.8 Å². The fourth-order valence-corrected chi connectivity index (χ4v) is 3.64. The lowest BCUT2D eigenvalue weighted by atomic mass is 9.84. The first kappa shape index (κ1) is 15.8. The largest absolute Gasteiger partial charge is 0.335 e. The highest BCUT2D eigenvalue weighted by Crippen LogP contribution is 2.38. The number of guanidine groups is 1. The molecule has 3 nitrogen and oxygen atoms in total. The maximum absolute atomic E-state index is 4.77. The summed E-state index contributed by atoms with van der Waals surface area (Å²) in [7, 11) is 0. The molecule has 0 aromatic heterocycles. The third-order valence-corrected chi connectivity index (χ3v) is 4.60. The van der Waals surface area contributed by atoms with Crippen LogP contribution in [-0.4, -0.2) is 23.3 Å². The van der Waals surface area contributed by atoms with E-state index < -0.39 is 5.54 Å². The molecule has 0 saturated carbocycles. The fraction of sp³-hybridized carbons (Fsp3) is 0.263. The molecule has 0 unspecified atom stereocenters. The van der Waals surface area contributed by atoms with Gasteiger partial charge in [0, 0.05) is 6.04 Å². The topological polar surface area (TPSA) is 36.8 Å². The number of nitrogens with zero attached hydrogens (tertiary/aromatic N) is 2. The lowest BCUT2D eigenvalue weighted by Crippen LogP contribution is -2.46. The van der Waals surface area contributed by atoms with Gasteiger partial charge in [0.25, 0.3) is 0 Å².